The molecule has 2 aromatic rings. The van der Waals surface area contributed by atoms with Crippen molar-refractivity contribution >= 4 is 28.7 Å². The van der Waals surface area contributed by atoms with E-state index in [1.807, 2.05) is 26.0 Å². The number of hydrogen-bond donors (Lipinski definition) is 1. The Balaban J connectivity index is 2.17. The molecule has 1 amide bonds. The first-order chi connectivity index (χ1) is 12.5. The number of aryl methyl sites for hydroxylation is 2. The second kappa shape index (κ2) is 7.27. The maximum atomic E-state index is 12.4. The van der Waals surface area contributed by atoms with Gasteiger partial charge in [0.2, 0.25) is 5.91 Å². The third-order valence-corrected chi connectivity index (χ3v) is 4.69. The molecule has 1 atom stereocenters. The summed E-state index contributed by atoms with van der Waals surface area (Å²) in [5, 5.41) is 4.23. The lowest BCUT2D eigenvalue weighted by Gasteiger charge is -2.19. The molecular weight excluding hydrogens is 332 g/mol. The number of carbonyl (C=O) groups is 2. The highest BCUT2D eigenvalue weighted by atomic mass is 16.5. The summed E-state index contributed by atoms with van der Waals surface area (Å²) in [6.07, 6.45) is 2.63. The van der Waals surface area contributed by atoms with E-state index >= 15 is 0 Å². The summed E-state index contributed by atoms with van der Waals surface area (Å²) in [4.78, 5) is 28.6. The molecule has 7 heteroatoms. The van der Waals surface area contributed by atoms with Gasteiger partial charge in [-0.3, -0.25) is 4.79 Å². The largest absolute Gasteiger partial charge is 0.452 e. The number of aromatic nitrogens is 2. The monoisotopic (exact) mass is 356 g/mol. The lowest BCUT2D eigenvalue weighted by Crippen LogP contribution is -2.32. The van der Waals surface area contributed by atoms with Gasteiger partial charge in [0.15, 0.2) is 0 Å². The Morgan fingerprint density at radius 3 is 2.85 bits per heavy atom. The molecule has 3 rings (SSSR count). The molecule has 1 aliphatic heterocycles. The molecule has 0 fully saturated rings. The molecule has 26 heavy (non-hydrogen) atoms. The van der Waals surface area contributed by atoms with Gasteiger partial charge in [0.25, 0.3) is 0 Å². The van der Waals surface area contributed by atoms with Crippen LogP contribution in [0.25, 0.3) is 11.0 Å². The first kappa shape index (κ1) is 18.1. The number of rotatable bonds is 4. The Hall–Kier alpha value is -2.70. The third kappa shape index (κ3) is 3.21. The molecular formula is C19H24N4O3. The highest BCUT2D eigenvalue weighted by Crippen LogP contribution is 2.26. The Kier molecular flexibility index (Phi) is 5.06. The van der Waals surface area contributed by atoms with Crippen LogP contribution in [0.2, 0.25) is 0 Å². The van der Waals surface area contributed by atoms with Crippen molar-refractivity contribution in [1.82, 2.24) is 15.0 Å². The van der Waals surface area contributed by atoms with Crippen molar-refractivity contribution in [3.8, 4) is 0 Å². The number of hydrogen-bond acceptors (Lipinski definition) is 5. The molecule has 0 saturated carbocycles. The fraction of sp³-hybridized carbons (Fsp3) is 0.474. The molecule has 0 saturated heterocycles. The topological polar surface area (TPSA) is 85.6 Å². The van der Waals surface area contributed by atoms with E-state index in [0.29, 0.717) is 24.2 Å². The summed E-state index contributed by atoms with van der Waals surface area (Å²) >= 11 is 0. The highest BCUT2D eigenvalue weighted by molar-refractivity contribution is 6.08. The first-order valence-electron chi connectivity index (χ1n) is 8.93. The zero-order valence-electron chi connectivity index (χ0n) is 15.6. The van der Waals surface area contributed by atoms with E-state index in [-0.39, 0.29) is 11.8 Å². The maximum absolute atomic E-state index is 12.4. The van der Waals surface area contributed by atoms with Gasteiger partial charge in [-0.15, -0.1) is 0 Å². The van der Waals surface area contributed by atoms with Gasteiger partial charge in [0.05, 0.1) is 23.9 Å². The number of nitrogens with one attached hydrogen (secondary N) is 1. The second-order valence-electron chi connectivity index (χ2n) is 6.74. The smallest absolute Gasteiger partial charge is 0.419 e. The van der Waals surface area contributed by atoms with E-state index in [1.165, 1.54) is 7.11 Å². The van der Waals surface area contributed by atoms with Gasteiger partial charge in [-0.2, -0.15) is 5.10 Å². The number of ether oxygens (including phenoxy) is 1. The van der Waals surface area contributed by atoms with E-state index in [4.69, 9.17) is 4.74 Å². The molecule has 0 bridgehead atoms. The Bertz CT molecular complexity index is 898. The van der Waals surface area contributed by atoms with Crippen molar-refractivity contribution in [2.24, 2.45) is 11.0 Å². The van der Waals surface area contributed by atoms with E-state index < -0.39 is 6.09 Å². The summed E-state index contributed by atoms with van der Waals surface area (Å²) in [7, 11) is 1.37. The van der Waals surface area contributed by atoms with Crippen LogP contribution in [0.1, 0.15) is 50.1 Å². The van der Waals surface area contributed by atoms with Crippen molar-refractivity contribution in [2.45, 2.75) is 46.5 Å². The normalized spacial score (nSPS) is 17.2. The minimum Gasteiger partial charge on any atom is -0.452 e. The number of methoxy groups -OCH3 is 1. The predicted octanol–water partition coefficient (Wildman–Crippen LogP) is 3.16. The van der Waals surface area contributed by atoms with Crippen molar-refractivity contribution in [1.29, 1.82) is 0 Å². The van der Waals surface area contributed by atoms with E-state index in [0.717, 1.165) is 35.2 Å². The number of amides is 1. The van der Waals surface area contributed by atoms with Gasteiger partial charge >= 0.3 is 6.09 Å². The van der Waals surface area contributed by atoms with Crippen molar-refractivity contribution < 1.29 is 14.3 Å². The molecule has 7 nitrogen and oxygen atoms in total. The van der Waals surface area contributed by atoms with Crippen LogP contribution >= 0.6 is 0 Å². The van der Waals surface area contributed by atoms with Crippen LogP contribution in [0.15, 0.2) is 17.2 Å². The van der Waals surface area contributed by atoms with Gasteiger partial charge in [0, 0.05) is 24.3 Å². The van der Waals surface area contributed by atoms with Crippen LogP contribution in [0.5, 0.6) is 0 Å². The van der Waals surface area contributed by atoms with Gasteiger partial charge in [0.1, 0.15) is 5.82 Å². The lowest BCUT2D eigenvalue weighted by atomic mass is 9.93. The van der Waals surface area contributed by atoms with Crippen LogP contribution in [0.4, 0.5) is 4.79 Å². The van der Waals surface area contributed by atoms with Gasteiger partial charge < -0.3 is 4.74 Å². The molecule has 2 heterocycles. The molecule has 1 aromatic carbocycles. The molecule has 1 unspecified atom stereocenters. The van der Waals surface area contributed by atoms with Crippen LogP contribution in [0, 0.1) is 12.8 Å². The lowest BCUT2D eigenvalue weighted by molar-refractivity contribution is -0.121. The minimum atomic E-state index is -0.443. The summed E-state index contributed by atoms with van der Waals surface area (Å²) in [6.45, 7) is 6.05. The molecule has 138 valence electrons. The van der Waals surface area contributed by atoms with E-state index in [2.05, 4.69) is 22.4 Å². The minimum absolute atomic E-state index is 0.00894. The number of benzene rings is 1. The zero-order chi connectivity index (χ0) is 18.8. The van der Waals surface area contributed by atoms with Crippen LogP contribution in [0.3, 0.4) is 0 Å². The Morgan fingerprint density at radius 1 is 1.42 bits per heavy atom. The number of carbonyl (C=O) groups excluding carboxylic acids is 2. The average Bonchev–Trinajstić information content (AvgIpc) is 2.98. The predicted molar refractivity (Wildman–Crippen MR) is 99.3 cm³/mol. The van der Waals surface area contributed by atoms with Gasteiger partial charge in [-0.25, -0.2) is 19.8 Å². The summed E-state index contributed by atoms with van der Waals surface area (Å²) in [5.74, 6) is 0.635. The molecule has 1 aliphatic rings. The third-order valence-electron chi connectivity index (χ3n) is 4.69. The number of hydrazone groups is 1. The molecule has 1 N–H and O–H groups in total. The fourth-order valence-electron chi connectivity index (χ4n) is 3.34. The Morgan fingerprint density at radius 2 is 2.19 bits per heavy atom. The van der Waals surface area contributed by atoms with Gasteiger partial charge in [-0.05, 0) is 31.0 Å². The van der Waals surface area contributed by atoms with Crippen LogP contribution in [-0.2, 0) is 16.0 Å². The maximum Gasteiger partial charge on any atom is 0.419 e. The SMILES string of the molecule is CCCCc1nc2c(C)cc(C3=NNC(=O)CC3C)cc2n1C(=O)OC. The van der Waals surface area contributed by atoms with Crippen molar-refractivity contribution in [2.75, 3.05) is 7.11 Å². The number of imidazole rings is 1. The van der Waals surface area contributed by atoms with Gasteiger partial charge in [-0.1, -0.05) is 20.3 Å². The summed E-state index contributed by atoms with van der Waals surface area (Å²) < 4.78 is 6.53. The quantitative estimate of drug-likeness (QED) is 0.912. The van der Waals surface area contributed by atoms with Crippen LogP contribution < -0.4 is 5.43 Å². The zero-order valence-corrected chi connectivity index (χ0v) is 15.6. The fourth-order valence-corrected chi connectivity index (χ4v) is 3.34. The van der Waals surface area contributed by atoms with Crippen molar-refractivity contribution in [3.63, 3.8) is 0 Å². The van der Waals surface area contributed by atoms with E-state index in [9.17, 15) is 9.59 Å². The van der Waals surface area contributed by atoms with Crippen LogP contribution in [-0.4, -0.2) is 34.4 Å². The first-order valence-corrected chi connectivity index (χ1v) is 8.93. The molecule has 0 aliphatic carbocycles. The number of unbranched alkanes of at least 4 members (excludes halogenated alkanes) is 1. The highest BCUT2D eigenvalue weighted by Gasteiger charge is 2.24. The standard InChI is InChI=1S/C19H24N4O3/c1-5-6-7-15-20-18-11(2)8-13(10-14(18)23(15)19(25)26-4)17-12(3)9-16(24)21-22-17/h8,10,12H,5-7,9H2,1-4H3,(H,21,24). The number of fused-ring (bicyclic) bond motifs is 1. The average molecular weight is 356 g/mol. The summed E-state index contributed by atoms with van der Waals surface area (Å²) in [6, 6.07) is 3.92. The Labute approximate surface area is 152 Å². The second-order valence-corrected chi connectivity index (χ2v) is 6.74. The molecule has 0 spiro atoms. The molecule has 0 radical (unpaired) electrons. The summed E-state index contributed by atoms with van der Waals surface area (Å²) in [5.41, 5.74) is 6.70. The van der Waals surface area contributed by atoms with Crippen molar-refractivity contribution in [3.05, 3.63) is 29.1 Å². The van der Waals surface area contributed by atoms with E-state index in [1.54, 1.807) is 4.57 Å². The number of nitrogens with zero attached hydrogens (tertiary/aromatic N) is 3. The molecule has 1 aromatic heterocycles.